The predicted molar refractivity (Wildman–Crippen MR) is 73.9 cm³/mol. The third kappa shape index (κ3) is 7.24. The summed E-state index contributed by atoms with van der Waals surface area (Å²) in [4.78, 5) is 2.47. The Balaban J connectivity index is 4.19. The summed E-state index contributed by atoms with van der Waals surface area (Å²) in [6.45, 7) is 14.9. The van der Waals surface area contributed by atoms with Gasteiger partial charge in [-0.1, -0.05) is 41.0 Å². The molecular weight excluding hydrogens is 196 g/mol. The minimum Gasteiger partial charge on any atom is -0.314 e. The molecule has 0 spiro atoms. The molecule has 2 nitrogen and oxygen atoms in total. The van der Waals surface area contributed by atoms with Crippen LogP contribution in [-0.2, 0) is 0 Å². The molecule has 0 aliphatic heterocycles. The molecule has 0 aromatic heterocycles. The van der Waals surface area contributed by atoms with Crippen LogP contribution in [0.2, 0.25) is 0 Å². The van der Waals surface area contributed by atoms with Crippen LogP contribution in [0.3, 0.4) is 0 Å². The van der Waals surface area contributed by atoms with E-state index in [0.29, 0.717) is 11.5 Å². The van der Waals surface area contributed by atoms with Gasteiger partial charge in [0.05, 0.1) is 0 Å². The first kappa shape index (κ1) is 15.9. The van der Waals surface area contributed by atoms with Gasteiger partial charge in [0, 0.05) is 19.1 Å². The minimum absolute atomic E-state index is 0.420. The fourth-order valence-corrected chi connectivity index (χ4v) is 2.39. The molecule has 0 aromatic carbocycles. The van der Waals surface area contributed by atoms with E-state index in [1.807, 2.05) is 0 Å². The van der Waals surface area contributed by atoms with Crippen LogP contribution in [0, 0.1) is 5.41 Å². The van der Waals surface area contributed by atoms with E-state index in [-0.39, 0.29) is 0 Å². The second-order valence-corrected chi connectivity index (χ2v) is 5.83. The standard InChI is InChI=1S/C14H32N2/c1-7-9-14(5,11-15-13(3)4)12-16(6)10-8-2/h13,15H,7-12H2,1-6H3. The Morgan fingerprint density at radius 3 is 2.25 bits per heavy atom. The van der Waals surface area contributed by atoms with Gasteiger partial charge in [-0.05, 0) is 31.8 Å². The van der Waals surface area contributed by atoms with Crippen molar-refractivity contribution in [2.24, 2.45) is 5.41 Å². The van der Waals surface area contributed by atoms with E-state index in [2.05, 4.69) is 51.9 Å². The molecule has 16 heavy (non-hydrogen) atoms. The molecule has 0 rings (SSSR count). The fraction of sp³-hybridized carbons (Fsp3) is 1.00. The van der Waals surface area contributed by atoms with Gasteiger partial charge in [-0.25, -0.2) is 0 Å². The monoisotopic (exact) mass is 228 g/mol. The number of rotatable bonds is 9. The van der Waals surface area contributed by atoms with Gasteiger partial charge >= 0.3 is 0 Å². The largest absolute Gasteiger partial charge is 0.314 e. The molecule has 0 bridgehead atoms. The van der Waals surface area contributed by atoms with Crippen molar-refractivity contribution >= 4 is 0 Å². The molecule has 1 atom stereocenters. The molecule has 1 N–H and O–H groups in total. The van der Waals surface area contributed by atoms with Gasteiger partial charge in [0.2, 0.25) is 0 Å². The molecule has 0 aromatic rings. The lowest BCUT2D eigenvalue weighted by Crippen LogP contribution is -2.43. The lowest BCUT2D eigenvalue weighted by molar-refractivity contribution is 0.170. The molecule has 2 heteroatoms. The van der Waals surface area contributed by atoms with Gasteiger partial charge < -0.3 is 10.2 Å². The summed E-state index contributed by atoms with van der Waals surface area (Å²) in [6.07, 6.45) is 3.83. The van der Waals surface area contributed by atoms with Crippen molar-refractivity contribution in [3.8, 4) is 0 Å². The minimum atomic E-state index is 0.420. The van der Waals surface area contributed by atoms with Crippen LogP contribution in [0.5, 0.6) is 0 Å². The molecule has 0 saturated heterocycles. The third-order valence-corrected chi connectivity index (χ3v) is 3.05. The Morgan fingerprint density at radius 2 is 1.81 bits per heavy atom. The number of nitrogens with one attached hydrogen (secondary N) is 1. The van der Waals surface area contributed by atoms with E-state index in [1.165, 1.54) is 32.4 Å². The number of hydrogen-bond donors (Lipinski definition) is 1. The van der Waals surface area contributed by atoms with Gasteiger partial charge in [-0.3, -0.25) is 0 Å². The Kier molecular flexibility index (Phi) is 8.04. The second kappa shape index (κ2) is 8.08. The van der Waals surface area contributed by atoms with Crippen LogP contribution in [0.15, 0.2) is 0 Å². The Morgan fingerprint density at radius 1 is 1.19 bits per heavy atom. The predicted octanol–water partition coefficient (Wildman–Crippen LogP) is 3.13. The highest BCUT2D eigenvalue weighted by Crippen LogP contribution is 2.23. The molecule has 0 radical (unpaired) electrons. The van der Waals surface area contributed by atoms with Crippen molar-refractivity contribution in [1.82, 2.24) is 10.2 Å². The molecule has 0 amide bonds. The second-order valence-electron chi connectivity index (χ2n) is 5.83. The molecule has 0 fully saturated rings. The maximum atomic E-state index is 3.59. The molecule has 1 unspecified atom stereocenters. The van der Waals surface area contributed by atoms with Crippen molar-refractivity contribution in [2.45, 2.75) is 59.9 Å². The third-order valence-electron chi connectivity index (χ3n) is 3.05. The Bertz CT molecular complexity index is 168. The molecule has 0 heterocycles. The Labute approximate surface area is 103 Å². The fourth-order valence-electron chi connectivity index (χ4n) is 2.39. The zero-order chi connectivity index (χ0) is 12.6. The first-order valence-electron chi connectivity index (χ1n) is 6.85. The zero-order valence-electron chi connectivity index (χ0n) is 12.3. The van der Waals surface area contributed by atoms with Crippen LogP contribution in [0.1, 0.15) is 53.9 Å². The topological polar surface area (TPSA) is 15.3 Å². The normalized spacial score (nSPS) is 15.8. The molecule has 0 saturated carbocycles. The quantitative estimate of drug-likeness (QED) is 0.652. The average molecular weight is 228 g/mol. The van der Waals surface area contributed by atoms with Gasteiger partial charge in [0.25, 0.3) is 0 Å². The summed E-state index contributed by atoms with van der Waals surface area (Å²) in [5.41, 5.74) is 0.420. The van der Waals surface area contributed by atoms with Crippen LogP contribution in [0.25, 0.3) is 0 Å². The summed E-state index contributed by atoms with van der Waals surface area (Å²) < 4.78 is 0. The molecule has 0 aliphatic rings. The maximum absolute atomic E-state index is 3.59. The van der Waals surface area contributed by atoms with Crippen LogP contribution < -0.4 is 5.32 Å². The summed E-state index contributed by atoms with van der Waals surface area (Å²) >= 11 is 0. The van der Waals surface area contributed by atoms with E-state index >= 15 is 0 Å². The summed E-state index contributed by atoms with van der Waals surface area (Å²) in [6, 6.07) is 0.590. The Hall–Kier alpha value is -0.0800. The highest BCUT2D eigenvalue weighted by molar-refractivity contribution is 4.80. The zero-order valence-corrected chi connectivity index (χ0v) is 12.3. The van der Waals surface area contributed by atoms with E-state index in [4.69, 9.17) is 0 Å². The van der Waals surface area contributed by atoms with Gasteiger partial charge in [0.15, 0.2) is 0 Å². The van der Waals surface area contributed by atoms with E-state index in [9.17, 15) is 0 Å². The van der Waals surface area contributed by atoms with E-state index in [0.717, 1.165) is 6.54 Å². The first-order chi connectivity index (χ1) is 7.43. The average Bonchev–Trinajstić information content (AvgIpc) is 2.15. The maximum Gasteiger partial charge on any atom is 0.00444 e. The van der Waals surface area contributed by atoms with Gasteiger partial charge in [-0.2, -0.15) is 0 Å². The van der Waals surface area contributed by atoms with Crippen molar-refractivity contribution in [2.75, 3.05) is 26.7 Å². The molecule has 0 aliphatic carbocycles. The molecule has 98 valence electrons. The smallest absolute Gasteiger partial charge is 0.00444 e. The molecular formula is C14H32N2. The van der Waals surface area contributed by atoms with Crippen molar-refractivity contribution in [3.63, 3.8) is 0 Å². The number of nitrogens with zero attached hydrogens (tertiary/aromatic N) is 1. The number of hydrogen-bond acceptors (Lipinski definition) is 2. The lowest BCUT2D eigenvalue weighted by Gasteiger charge is -2.34. The van der Waals surface area contributed by atoms with E-state index < -0.39 is 0 Å². The van der Waals surface area contributed by atoms with Crippen molar-refractivity contribution < 1.29 is 0 Å². The SMILES string of the molecule is CCCN(C)CC(C)(CCC)CNC(C)C. The highest BCUT2D eigenvalue weighted by Gasteiger charge is 2.24. The van der Waals surface area contributed by atoms with E-state index in [1.54, 1.807) is 0 Å². The van der Waals surface area contributed by atoms with Crippen LogP contribution in [0.4, 0.5) is 0 Å². The lowest BCUT2D eigenvalue weighted by atomic mass is 9.84. The van der Waals surface area contributed by atoms with Gasteiger partial charge in [-0.15, -0.1) is 0 Å². The summed E-state index contributed by atoms with van der Waals surface area (Å²) in [5.74, 6) is 0. The summed E-state index contributed by atoms with van der Waals surface area (Å²) in [7, 11) is 2.24. The summed E-state index contributed by atoms with van der Waals surface area (Å²) in [5, 5.41) is 3.59. The van der Waals surface area contributed by atoms with Crippen LogP contribution >= 0.6 is 0 Å². The van der Waals surface area contributed by atoms with Crippen molar-refractivity contribution in [1.29, 1.82) is 0 Å². The van der Waals surface area contributed by atoms with Crippen LogP contribution in [-0.4, -0.2) is 37.6 Å². The first-order valence-corrected chi connectivity index (χ1v) is 6.85. The van der Waals surface area contributed by atoms with Gasteiger partial charge in [0.1, 0.15) is 0 Å². The van der Waals surface area contributed by atoms with Crippen molar-refractivity contribution in [3.05, 3.63) is 0 Å². The highest BCUT2D eigenvalue weighted by atomic mass is 15.1.